The molecule has 0 aliphatic carbocycles. The van der Waals surface area contributed by atoms with E-state index in [1.807, 2.05) is 76.2 Å². The molecule has 0 heterocycles. The van der Waals surface area contributed by atoms with Gasteiger partial charge in [0, 0.05) is 11.7 Å². The van der Waals surface area contributed by atoms with E-state index in [2.05, 4.69) is 10.6 Å². The molecule has 2 rings (SSSR count). The van der Waals surface area contributed by atoms with Gasteiger partial charge in [-0.1, -0.05) is 42.5 Å². The van der Waals surface area contributed by atoms with Crippen LogP contribution in [0.25, 0.3) is 0 Å². The molecule has 116 valence electrons. The van der Waals surface area contributed by atoms with Gasteiger partial charge in [-0.3, -0.25) is 10.1 Å². The Morgan fingerprint density at radius 2 is 1.68 bits per heavy atom. The van der Waals surface area contributed by atoms with Crippen molar-refractivity contribution >= 4 is 11.6 Å². The molecule has 22 heavy (non-hydrogen) atoms. The maximum atomic E-state index is 12.7. The van der Waals surface area contributed by atoms with Crippen LogP contribution in [-0.4, -0.2) is 11.9 Å². The third-order valence-corrected chi connectivity index (χ3v) is 3.55. The number of benzene rings is 2. The van der Waals surface area contributed by atoms with Gasteiger partial charge < -0.3 is 5.32 Å². The molecule has 0 aliphatic rings. The van der Waals surface area contributed by atoms with E-state index in [1.165, 1.54) is 0 Å². The van der Waals surface area contributed by atoms with E-state index < -0.39 is 0 Å². The predicted octanol–water partition coefficient (Wildman–Crippen LogP) is 3.98. The fourth-order valence-electron chi connectivity index (χ4n) is 2.38. The van der Waals surface area contributed by atoms with Crippen molar-refractivity contribution in [1.82, 2.24) is 5.32 Å². The Hall–Kier alpha value is -2.13. The van der Waals surface area contributed by atoms with Crippen molar-refractivity contribution in [3.05, 3.63) is 65.2 Å². The first kappa shape index (κ1) is 16.2. The van der Waals surface area contributed by atoms with Crippen LogP contribution in [0.2, 0.25) is 0 Å². The van der Waals surface area contributed by atoms with Gasteiger partial charge in [-0.2, -0.15) is 0 Å². The van der Waals surface area contributed by atoms with Crippen LogP contribution >= 0.6 is 0 Å². The number of anilines is 1. The highest BCUT2D eigenvalue weighted by molar-refractivity contribution is 5.96. The van der Waals surface area contributed by atoms with Gasteiger partial charge in [0.25, 0.3) is 0 Å². The molecule has 0 aromatic heterocycles. The minimum atomic E-state index is -0.360. The van der Waals surface area contributed by atoms with Gasteiger partial charge in [-0.05, 0) is 50.5 Å². The summed E-state index contributed by atoms with van der Waals surface area (Å²) in [6.07, 6.45) is 0. The van der Waals surface area contributed by atoms with Gasteiger partial charge in [0.05, 0.1) is 0 Å². The first-order valence-corrected chi connectivity index (χ1v) is 7.66. The monoisotopic (exact) mass is 296 g/mol. The summed E-state index contributed by atoms with van der Waals surface area (Å²) < 4.78 is 0. The average Bonchev–Trinajstić information content (AvgIpc) is 2.49. The summed E-state index contributed by atoms with van der Waals surface area (Å²) in [6.45, 7) is 8.11. The topological polar surface area (TPSA) is 41.1 Å². The second kappa shape index (κ2) is 7.23. The van der Waals surface area contributed by atoms with Crippen molar-refractivity contribution in [1.29, 1.82) is 0 Å². The summed E-state index contributed by atoms with van der Waals surface area (Å²) in [4.78, 5) is 12.7. The summed E-state index contributed by atoms with van der Waals surface area (Å²) in [5.41, 5.74) is 4.04. The van der Waals surface area contributed by atoms with Crippen LogP contribution in [0.5, 0.6) is 0 Å². The van der Waals surface area contributed by atoms with Crippen LogP contribution in [0.4, 0.5) is 5.69 Å². The standard InChI is InChI=1S/C19H24N2O/c1-13(2)20-18(16-8-6-5-7-9-16)19(22)21-17-12-14(3)10-11-15(17)4/h5-13,18,20H,1-4H3,(H,21,22)/t18-/m1/s1. The van der Waals surface area contributed by atoms with Crippen molar-refractivity contribution in [3.63, 3.8) is 0 Å². The lowest BCUT2D eigenvalue weighted by molar-refractivity contribution is -0.118. The molecule has 3 heteroatoms. The first-order valence-electron chi connectivity index (χ1n) is 7.66. The van der Waals surface area contributed by atoms with Gasteiger partial charge >= 0.3 is 0 Å². The van der Waals surface area contributed by atoms with Crippen molar-refractivity contribution in [2.75, 3.05) is 5.32 Å². The molecule has 2 aromatic rings. The summed E-state index contributed by atoms with van der Waals surface area (Å²) in [5.74, 6) is -0.0337. The van der Waals surface area contributed by atoms with Crippen molar-refractivity contribution in [2.45, 2.75) is 39.8 Å². The van der Waals surface area contributed by atoms with Gasteiger partial charge in [0.15, 0.2) is 0 Å². The number of hydrogen-bond acceptors (Lipinski definition) is 2. The van der Waals surface area contributed by atoms with Crippen LogP contribution in [0.1, 0.15) is 36.6 Å². The summed E-state index contributed by atoms with van der Waals surface area (Å²) in [6, 6.07) is 15.8. The van der Waals surface area contributed by atoms with E-state index in [9.17, 15) is 4.79 Å². The molecule has 0 aliphatic heterocycles. The number of carbonyl (C=O) groups excluding carboxylic acids is 1. The van der Waals surface area contributed by atoms with E-state index in [0.717, 1.165) is 22.4 Å². The third kappa shape index (κ3) is 4.18. The molecule has 2 N–H and O–H groups in total. The minimum absolute atomic E-state index is 0.0337. The zero-order valence-electron chi connectivity index (χ0n) is 13.7. The Balaban J connectivity index is 2.24. The zero-order valence-corrected chi connectivity index (χ0v) is 13.7. The summed E-state index contributed by atoms with van der Waals surface area (Å²) >= 11 is 0. The van der Waals surface area contributed by atoms with Gasteiger partial charge in [0.1, 0.15) is 6.04 Å². The van der Waals surface area contributed by atoms with Crippen molar-refractivity contribution in [2.24, 2.45) is 0 Å². The van der Waals surface area contributed by atoms with E-state index in [-0.39, 0.29) is 18.0 Å². The maximum Gasteiger partial charge on any atom is 0.246 e. The SMILES string of the molecule is Cc1ccc(C)c(NC(=O)[C@H](NC(C)C)c2ccccc2)c1. The van der Waals surface area contributed by atoms with Crippen LogP contribution in [-0.2, 0) is 4.79 Å². The highest BCUT2D eigenvalue weighted by Gasteiger charge is 2.21. The summed E-state index contributed by atoms with van der Waals surface area (Å²) in [5, 5.41) is 6.39. The lowest BCUT2D eigenvalue weighted by Crippen LogP contribution is -2.37. The van der Waals surface area contributed by atoms with E-state index >= 15 is 0 Å². The Morgan fingerprint density at radius 1 is 1.00 bits per heavy atom. The second-order valence-corrected chi connectivity index (χ2v) is 5.97. The molecular formula is C19H24N2O. The highest BCUT2D eigenvalue weighted by Crippen LogP contribution is 2.20. The number of amides is 1. The number of hydrogen-bond donors (Lipinski definition) is 2. The number of rotatable bonds is 5. The predicted molar refractivity (Wildman–Crippen MR) is 92.0 cm³/mol. The van der Waals surface area contributed by atoms with E-state index in [0.29, 0.717) is 0 Å². The third-order valence-electron chi connectivity index (χ3n) is 3.55. The molecule has 0 unspecified atom stereocenters. The zero-order chi connectivity index (χ0) is 16.1. The molecule has 0 radical (unpaired) electrons. The lowest BCUT2D eigenvalue weighted by Gasteiger charge is -2.22. The lowest BCUT2D eigenvalue weighted by atomic mass is 10.0. The fourth-order valence-corrected chi connectivity index (χ4v) is 2.38. The van der Waals surface area contributed by atoms with Crippen LogP contribution in [0.3, 0.4) is 0 Å². The second-order valence-electron chi connectivity index (χ2n) is 5.97. The van der Waals surface area contributed by atoms with Crippen molar-refractivity contribution in [3.8, 4) is 0 Å². The van der Waals surface area contributed by atoms with Gasteiger partial charge in [-0.25, -0.2) is 0 Å². The largest absolute Gasteiger partial charge is 0.324 e. The van der Waals surface area contributed by atoms with Crippen molar-refractivity contribution < 1.29 is 4.79 Å². The maximum absolute atomic E-state index is 12.7. The van der Waals surface area contributed by atoms with Gasteiger partial charge in [0.2, 0.25) is 5.91 Å². The molecule has 0 saturated heterocycles. The Bertz CT molecular complexity index is 635. The molecule has 0 spiro atoms. The molecular weight excluding hydrogens is 272 g/mol. The fraction of sp³-hybridized carbons (Fsp3) is 0.316. The van der Waals surface area contributed by atoms with Crippen LogP contribution in [0.15, 0.2) is 48.5 Å². The Labute approximate surface area is 132 Å². The summed E-state index contributed by atoms with van der Waals surface area (Å²) in [7, 11) is 0. The molecule has 1 amide bonds. The molecule has 0 fully saturated rings. The van der Waals surface area contributed by atoms with Crippen LogP contribution in [0, 0.1) is 13.8 Å². The quantitative estimate of drug-likeness (QED) is 0.876. The highest BCUT2D eigenvalue weighted by atomic mass is 16.2. The number of nitrogens with one attached hydrogen (secondary N) is 2. The molecule has 2 aromatic carbocycles. The molecule has 3 nitrogen and oxygen atoms in total. The Kier molecular flexibility index (Phi) is 5.34. The van der Waals surface area contributed by atoms with Crippen LogP contribution < -0.4 is 10.6 Å². The Morgan fingerprint density at radius 3 is 2.32 bits per heavy atom. The molecule has 0 saturated carbocycles. The van der Waals surface area contributed by atoms with E-state index in [1.54, 1.807) is 0 Å². The normalized spacial score (nSPS) is 12.2. The average molecular weight is 296 g/mol. The minimum Gasteiger partial charge on any atom is -0.324 e. The number of carbonyl (C=O) groups is 1. The van der Waals surface area contributed by atoms with E-state index in [4.69, 9.17) is 0 Å². The smallest absolute Gasteiger partial charge is 0.246 e. The first-order chi connectivity index (χ1) is 10.5. The number of aryl methyl sites for hydroxylation is 2. The van der Waals surface area contributed by atoms with Gasteiger partial charge in [-0.15, -0.1) is 0 Å². The molecule has 1 atom stereocenters. The molecule has 0 bridgehead atoms.